The summed E-state index contributed by atoms with van der Waals surface area (Å²) in [6.45, 7) is 1.88. The molecular weight excluding hydrogens is 416 g/mol. The Bertz CT molecular complexity index is 1220. The van der Waals surface area contributed by atoms with Crippen LogP contribution in [0.25, 0.3) is 16.7 Å². The van der Waals surface area contributed by atoms with Crippen molar-refractivity contribution in [1.29, 1.82) is 5.41 Å². The van der Waals surface area contributed by atoms with Crippen molar-refractivity contribution in [3.05, 3.63) is 89.1 Å². The molecule has 0 spiro atoms. The molecule has 168 valence electrons. The highest BCUT2D eigenvalue weighted by Gasteiger charge is 2.27. The number of allylic oxidation sites excluding steroid dienone is 1. The van der Waals surface area contributed by atoms with Crippen molar-refractivity contribution in [2.45, 2.75) is 13.0 Å². The van der Waals surface area contributed by atoms with E-state index >= 15 is 0 Å². The summed E-state index contributed by atoms with van der Waals surface area (Å²) >= 11 is 0. The van der Waals surface area contributed by atoms with E-state index in [2.05, 4.69) is 16.4 Å². The molecule has 0 saturated heterocycles. The monoisotopic (exact) mass is 442 g/mol. The van der Waals surface area contributed by atoms with E-state index in [4.69, 9.17) is 21.7 Å². The lowest BCUT2D eigenvalue weighted by molar-refractivity contribution is -0.106. The van der Waals surface area contributed by atoms with Crippen LogP contribution in [0.4, 0.5) is 16.2 Å². The van der Waals surface area contributed by atoms with Crippen LogP contribution in [0.15, 0.2) is 72.4 Å². The zero-order chi connectivity index (χ0) is 24.0. The molecule has 4 rings (SSSR count). The molecule has 1 heterocycles. The Kier molecular flexibility index (Phi) is 7.10. The Morgan fingerprint density at radius 2 is 1.61 bits per heavy atom. The maximum atomic E-state index is 12.2. The van der Waals surface area contributed by atoms with Crippen molar-refractivity contribution in [2.75, 3.05) is 11.5 Å². The van der Waals surface area contributed by atoms with Gasteiger partial charge in [-0.05, 0) is 53.4 Å². The first-order chi connectivity index (χ1) is 15.9. The van der Waals surface area contributed by atoms with Gasteiger partial charge in [0.1, 0.15) is 0 Å². The number of hydrogen-bond acceptors (Lipinski definition) is 5. The molecule has 3 amide bonds. The first-order valence-electron chi connectivity index (χ1n) is 10.2. The molecule has 9 N–H and O–H groups in total. The molecule has 8 heteroatoms. The smallest absolute Gasteiger partial charge is 0.319 e. The van der Waals surface area contributed by atoms with Crippen LogP contribution >= 0.6 is 0 Å². The molecule has 1 aliphatic rings. The summed E-state index contributed by atoms with van der Waals surface area (Å²) in [4.78, 5) is 20.8. The number of nitrogens with one attached hydrogen (secondary N) is 3. The van der Waals surface area contributed by atoms with Crippen molar-refractivity contribution in [3.8, 4) is 11.1 Å². The molecule has 0 aromatic heterocycles. The number of carbonyl (C=O) groups excluding carboxylic acids is 2. The predicted octanol–water partition coefficient (Wildman–Crippen LogP) is 3.40. The van der Waals surface area contributed by atoms with Gasteiger partial charge in [0.2, 0.25) is 6.41 Å². The topological polar surface area (TPSA) is 160 Å². The quantitative estimate of drug-likeness (QED) is 0.208. The van der Waals surface area contributed by atoms with Crippen molar-refractivity contribution in [2.24, 2.45) is 5.73 Å². The van der Waals surface area contributed by atoms with Gasteiger partial charge in [0.15, 0.2) is 0 Å². The van der Waals surface area contributed by atoms with Gasteiger partial charge < -0.3 is 33.2 Å². The summed E-state index contributed by atoms with van der Waals surface area (Å²) in [5.41, 5.74) is 23.6. The number of nitrogens with two attached hydrogens (primary N) is 3. The molecule has 1 atom stereocenters. The lowest BCUT2D eigenvalue weighted by Gasteiger charge is -2.30. The molecular formula is C25H26N6O2. The Morgan fingerprint density at radius 1 is 0.939 bits per heavy atom. The second-order valence-electron chi connectivity index (χ2n) is 7.44. The molecule has 0 radical (unpaired) electrons. The maximum Gasteiger partial charge on any atom is 0.319 e. The van der Waals surface area contributed by atoms with E-state index in [9.17, 15) is 4.79 Å². The Labute approximate surface area is 192 Å². The number of carbonyl (C=O) groups is 2. The molecule has 33 heavy (non-hydrogen) atoms. The van der Waals surface area contributed by atoms with Crippen LogP contribution in [0.5, 0.6) is 0 Å². The van der Waals surface area contributed by atoms with E-state index in [-0.39, 0.29) is 18.5 Å². The summed E-state index contributed by atoms with van der Waals surface area (Å²) in [6.07, 6.45) is 1.49. The van der Waals surface area contributed by atoms with E-state index in [0.29, 0.717) is 16.9 Å². The van der Waals surface area contributed by atoms with Gasteiger partial charge in [0, 0.05) is 34.4 Å². The van der Waals surface area contributed by atoms with Crippen LogP contribution in [0.1, 0.15) is 29.7 Å². The van der Waals surface area contributed by atoms with Gasteiger partial charge in [-0.15, -0.1) is 0 Å². The van der Waals surface area contributed by atoms with Gasteiger partial charge >= 0.3 is 6.03 Å². The Morgan fingerprint density at radius 3 is 2.24 bits per heavy atom. The third-order valence-electron chi connectivity index (χ3n) is 5.29. The molecule has 8 nitrogen and oxygen atoms in total. The van der Waals surface area contributed by atoms with E-state index < -0.39 is 0 Å². The number of amides is 3. The molecule has 3 aromatic rings. The number of hydrogen-bond donors (Lipinski definition) is 6. The lowest BCUT2D eigenvalue weighted by atomic mass is 9.88. The Hall–Kier alpha value is -4.59. The fourth-order valence-electron chi connectivity index (χ4n) is 3.78. The van der Waals surface area contributed by atoms with Gasteiger partial charge in [-0.25, -0.2) is 4.79 Å². The average Bonchev–Trinajstić information content (AvgIpc) is 2.80. The average molecular weight is 443 g/mol. The molecule has 0 aliphatic carbocycles. The van der Waals surface area contributed by atoms with Crippen molar-refractivity contribution in [1.82, 2.24) is 10.6 Å². The number of benzene rings is 3. The van der Waals surface area contributed by atoms with Crippen molar-refractivity contribution >= 4 is 35.6 Å². The van der Waals surface area contributed by atoms with E-state index in [1.807, 2.05) is 67.6 Å². The zero-order valence-corrected chi connectivity index (χ0v) is 18.1. The minimum absolute atomic E-state index is 0.246. The summed E-state index contributed by atoms with van der Waals surface area (Å²) in [6, 6.07) is 20.8. The maximum absolute atomic E-state index is 12.2. The number of rotatable bonds is 4. The first-order valence-corrected chi connectivity index (χ1v) is 10.2. The predicted molar refractivity (Wildman–Crippen MR) is 132 cm³/mol. The van der Waals surface area contributed by atoms with Gasteiger partial charge in [-0.3, -0.25) is 4.79 Å². The largest absolute Gasteiger partial charge is 0.399 e. The van der Waals surface area contributed by atoms with Crippen LogP contribution in [0, 0.1) is 5.41 Å². The Balaban J connectivity index is 0.000000968. The van der Waals surface area contributed by atoms with Crippen LogP contribution in [-0.2, 0) is 4.79 Å². The van der Waals surface area contributed by atoms with E-state index in [1.165, 1.54) is 6.21 Å². The normalized spacial score (nSPS) is 14.9. The fraction of sp³-hybridized carbons (Fsp3) is 0.0800. The number of urea groups is 1. The van der Waals surface area contributed by atoms with Crippen LogP contribution in [0.2, 0.25) is 0 Å². The number of anilines is 2. The number of primary amides is 1. The summed E-state index contributed by atoms with van der Waals surface area (Å²) < 4.78 is 0. The van der Waals surface area contributed by atoms with E-state index in [0.717, 1.165) is 33.5 Å². The lowest BCUT2D eigenvalue weighted by Crippen LogP contribution is -2.42. The molecule has 0 fully saturated rings. The molecule has 1 aliphatic heterocycles. The second-order valence-corrected chi connectivity index (χ2v) is 7.44. The summed E-state index contributed by atoms with van der Waals surface area (Å²) in [7, 11) is 0. The van der Waals surface area contributed by atoms with Crippen LogP contribution in [0.3, 0.4) is 0 Å². The zero-order valence-electron chi connectivity index (χ0n) is 18.1. The van der Waals surface area contributed by atoms with E-state index in [1.54, 1.807) is 6.07 Å². The highest BCUT2D eigenvalue weighted by Crippen LogP contribution is 2.36. The first kappa shape index (κ1) is 23.1. The van der Waals surface area contributed by atoms with Crippen molar-refractivity contribution < 1.29 is 9.59 Å². The minimum atomic E-state index is -0.323. The molecule has 3 aromatic carbocycles. The standard InChI is InChI=1S/C24H23N5O.CH3NO/c1-14-22(18-9-10-21(27)19(11-18)13-25)23(29-24(30)28-14)16-7-5-15(6-8-16)17-3-2-4-20(26)12-17;2-1-3/h2-13,23,25H,26-27H2,1H3,(H2,28,29,30);1H,(H2,2,3). The van der Waals surface area contributed by atoms with Gasteiger partial charge in [-0.2, -0.15) is 0 Å². The molecule has 0 saturated carbocycles. The minimum Gasteiger partial charge on any atom is -0.399 e. The molecule has 0 bridgehead atoms. The highest BCUT2D eigenvalue weighted by molar-refractivity contribution is 5.91. The van der Waals surface area contributed by atoms with Crippen LogP contribution in [-0.4, -0.2) is 18.7 Å². The molecule has 1 unspecified atom stereocenters. The van der Waals surface area contributed by atoms with Gasteiger partial charge in [0.25, 0.3) is 0 Å². The summed E-state index contributed by atoms with van der Waals surface area (Å²) in [5, 5.41) is 13.5. The fourth-order valence-corrected chi connectivity index (χ4v) is 3.78. The number of nitrogen functional groups attached to an aromatic ring is 2. The third-order valence-corrected chi connectivity index (χ3v) is 5.29. The third kappa shape index (κ3) is 5.19. The van der Waals surface area contributed by atoms with Gasteiger partial charge in [-0.1, -0.05) is 42.5 Å². The summed E-state index contributed by atoms with van der Waals surface area (Å²) in [5.74, 6) is 0. The SMILES string of the molecule is CC1=C(c2ccc(N)c(C=N)c2)C(c2ccc(-c3cccc(N)c3)cc2)NC(=O)N1.NC=O. The van der Waals surface area contributed by atoms with Crippen LogP contribution < -0.4 is 27.8 Å². The van der Waals surface area contributed by atoms with Crippen molar-refractivity contribution in [3.63, 3.8) is 0 Å². The second kappa shape index (κ2) is 10.1. The van der Waals surface area contributed by atoms with Gasteiger partial charge in [0.05, 0.1) is 6.04 Å². The highest BCUT2D eigenvalue weighted by atomic mass is 16.2.